The van der Waals surface area contributed by atoms with E-state index in [9.17, 15) is 9.59 Å². The molecule has 18 heavy (non-hydrogen) atoms. The Morgan fingerprint density at radius 2 is 2.17 bits per heavy atom. The van der Waals surface area contributed by atoms with Crippen LogP contribution in [0.1, 0.15) is 11.1 Å². The number of ether oxygens (including phenoxy) is 1. The van der Waals surface area contributed by atoms with Crippen LogP contribution in [0.15, 0.2) is 24.3 Å². The highest BCUT2D eigenvalue weighted by atomic mass is 16.5. The number of hydrogen-bond acceptors (Lipinski definition) is 3. The number of carbonyl (C=O) groups excluding carboxylic acids is 1. The van der Waals surface area contributed by atoms with Crippen molar-refractivity contribution in [3.63, 3.8) is 0 Å². The second-order valence-electron chi connectivity index (χ2n) is 4.08. The molecule has 0 unspecified atom stereocenters. The van der Waals surface area contributed by atoms with E-state index < -0.39 is 17.9 Å². The molecule has 0 saturated carbocycles. The molecule has 0 aliphatic carbocycles. The first-order valence-corrected chi connectivity index (χ1v) is 5.59. The molecular weight excluding hydrogens is 234 g/mol. The summed E-state index contributed by atoms with van der Waals surface area (Å²) in [7, 11) is 1.38. The summed E-state index contributed by atoms with van der Waals surface area (Å²) < 4.78 is 4.65. The maximum atomic E-state index is 11.3. The van der Waals surface area contributed by atoms with E-state index in [4.69, 9.17) is 5.11 Å². The summed E-state index contributed by atoms with van der Waals surface area (Å²) in [5.41, 5.74) is 1.93. The van der Waals surface area contributed by atoms with Crippen molar-refractivity contribution >= 4 is 11.9 Å². The number of amides is 1. The molecule has 1 aromatic carbocycles. The van der Waals surface area contributed by atoms with Crippen LogP contribution in [0, 0.1) is 6.92 Å². The maximum Gasteiger partial charge on any atom is 0.326 e. The Bertz CT molecular complexity index is 431. The first-order chi connectivity index (χ1) is 8.52. The summed E-state index contributed by atoms with van der Waals surface area (Å²) in [5, 5.41) is 11.5. The van der Waals surface area contributed by atoms with Gasteiger partial charge >= 0.3 is 5.97 Å². The van der Waals surface area contributed by atoms with E-state index in [1.807, 2.05) is 31.2 Å². The second kappa shape index (κ2) is 6.76. The molecule has 0 radical (unpaired) electrons. The zero-order chi connectivity index (χ0) is 13.5. The number of carboxylic acids is 1. The number of carbonyl (C=O) groups is 2. The largest absolute Gasteiger partial charge is 0.480 e. The van der Waals surface area contributed by atoms with E-state index in [2.05, 4.69) is 10.1 Å². The number of hydrogen-bond donors (Lipinski definition) is 2. The topological polar surface area (TPSA) is 75.6 Å². The highest BCUT2D eigenvalue weighted by Crippen LogP contribution is 2.07. The predicted octanol–water partition coefficient (Wildman–Crippen LogP) is 0.753. The standard InChI is InChI=1S/C13H17NO4/c1-9-4-3-5-10(6-9)7-11(13(16)17)14-12(15)8-18-2/h3-6,11H,7-8H2,1-2H3,(H,14,15)(H,16,17)/t11-/m1/s1. The first kappa shape index (κ1) is 14.2. The monoisotopic (exact) mass is 251 g/mol. The van der Waals surface area contributed by atoms with Gasteiger partial charge < -0.3 is 15.2 Å². The van der Waals surface area contributed by atoms with E-state index in [-0.39, 0.29) is 13.0 Å². The van der Waals surface area contributed by atoms with Crippen molar-refractivity contribution in [1.82, 2.24) is 5.32 Å². The Hall–Kier alpha value is -1.88. The van der Waals surface area contributed by atoms with Gasteiger partial charge in [-0.2, -0.15) is 0 Å². The van der Waals surface area contributed by atoms with E-state index in [1.165, 1.54) is 7.11 Å². The first-order valence-electron chi connectivity index (χ1n) is 5.59. The van der Waals surface area contributed by atoms with Crippen molar-refractivity contribution in [2.45, 2.75) is 19.4 Å². The smallest absolute Gasteiger partial charge is 0.326 e. The zero-order valence-electron chi connectivity index (χ0n) is 10.5. The fourth-order valence-corrected chi connectivity index (χ4v) is 1.64. The molecule has 0 aliphatic rings. The number of nitrogens with one attached hydrogen (secondary N) is 1. The summed E-state index contributed by atoms with van der Waals surface area (Å²) in [5.74, 6) is -1.49. The van der Waals surface area contributed by atoms with Crippen molar-refractivity contribution in [2.75, 3.05) is 13.7 Å². The van der Waals surface area contributed by atoms with E-state index in [0.29, 0.717) is 0 Å². The average molecular weight is 251 g/mol. The highest BCUT2D eigenvalue weighted by molar-refractivity contribution is 5.84. The number of aliphatic carboxylic acids is 1. The maximum absolute atomic E-state index is 11.3. The van der Waals surface area contributed by atoms with Crippen LogP contribution in [-0.4, -0.2) is 36.7 Å². The number of aryl methyl sites for hydroxylation is 1. The minimum atomic E-state index is -1.05. The molecule has 1 rings (SSSR count). The fraction of sp³-hybridized carbons (Fsp3) is 0.385. The van der Waals surface area contributed by atoms with Gasteiger partial charge in [-0.25, -0.2) is 4.79 Å². The van der Waals surface area contributed by atoms with Crippen LogP contribution in [-0.2, 0) is 20.7 Å². The van der Waals surface area contributed by atoms with Crippen molar-refractivity contribution in [2.24, 2.45) is 0 Å². The molecule has 0 spiro atoms. The summed E-state index contributed by atoms with van der Waals surface area (Å²) >= 11 is 0. The molecule has 1 atom stereocenters. The number of carboxylic acid groups (broad SMARTS) is 1. The van der Waals surface area contributed by atoms with Crippen LogP contribution in [0.2, 0.25) is 0 Å². The third-order valence-corrected chi connectivity index (χ3v) is 2.43. The normalized spacial score (nSPS) is 11.9. The lowest BCUT2D eigenvalue weighted by molar-refractivity contribution is -0.142. The molecule has 5 nitrogen and oxygen atoms in total. The summed E-state index contributed by atoms with van der Waals surface area (Å²) in [4.78, 5) is 22.4. The van der Waals surface area contributed by atoms with Gasteiger partial charge in [-0.05, 0) is 12.5 Å². The molecule has 0 heterocycles. The van der Waals surface area contributed by atoms with Gasteiger partial charge in [-0.1, -0.05) is 29.8 Å². The SMILES string of the molecule is COCC(=O)N[C@H](Cc1cccc(C)c1)C(=O)O. The lowest BCUT2D eigenvalue weighted by Gasteiger charge is -2.14. The molecule has 1 amide bonds. The van der Waals surface area contributed by atoms with Gasteiger partial charge in [0.05, 0.1) is 0 Å². The highest BCUT2D eigenvalue weighted by Gasteiger charge is 2.20. The molecule has 1 aromatic rings. The van der Waals surface area contributed by atoms with E-state index in [1.54, 1.807) is 0 Å². The lowest BCUT2D eigenvalue weighted by Crippen LogP contribution is -2.43. The van der Waals surface area contributed by atoms with Crippen LogP contribution in [0.25, 0.3) is 0 Å². The minimum absolute atomic E-state index is 0.141. The zero-order valence-corrected chi connectivity index (χ0v) is 10.5. The van der Waals surface area contributed by atoms with Crippen molar-refractivity contribution in [3.8, 4) is 0 Å². The van der Waals surface area contributed by atoms with E-state index in [0.717, 1.165) is 11.1 Å². The Balaban J connectivity index is 2.69. The molecule has 98 valence electrons. The Kier molecular flexibility index (Phi) is 5.32. The number of benzene rings is 1. The number of methoxy groups -OCH3 is 1. The van der Waals surface area contributed by atoms with E-state index >= 15 is 0 Å². The molecule has 2 N–H and O–H groups in total. The fourth-order valence-electron chi connectivity index (χ4n) is 1.64. The average Bonchev–Trinajstić information content (AvgIpc) is 2.28. The van der Waals surface area contributed by atoms with Gasteiger partial charge in [-0.3, -0.25) is 4.79 Å². The van der Waals surface area contributed by atoms with Crippen molar-refractivity contribution < 1.29 is 19.4 Å². The molecule has 0 aromatic heterocycles. The van der Waals surface area contributed by atoms with Gasteiger partial charge in [0.15, 0.2) is 0 Å². The van der Waals surface area contributed by atoms with Gasteiger partial charge in [-0.15, -0.1) is 0 Å². The second-order valence-corrected chi connectivity index (χ2v) is 4.08. The molecule has 0 bridgehead atoms. The van der Waals surface area contributed by atoms with Crippen LogP contribution < -0.4 is 5.32 Å². The Morgan fingerprint density at radius 1 is 1.44 bits per heavy atom. The summed E-state index contributed by atoms with van der Waals surface area (Å²) in [6.45, 7) is 1.79. The third-order valence-electron chi connectivity index (χ3n) is 2.43. The third kappa shape index (κ3) is 4.55. The molecule has 0 fully saturated rings. The Morgan fingerprint density at radius 3 is 2.72 bits per heavy atom. The summed E-state index contributed by atoms with van der Waals surface area (Å²) in [6.07, 6.45) is 0.256. The quantitative estimate of drug-likeness (QED) is 0.782. The van der Waals surface area contributed by atoms with Crippen LogP contribution in [0.3, 0.4) is 0 Å². The molecule has 0 aliphatic heterocycles. The van der Waals surface area contributed by atoms with Crippen LogP contribution in [0.5, 0.6) is 0 Å². The van der Waals surface area contributed by atoms with Gasteiger partial charge in [0, 0.05) is 13.5 Å². The molecule has 5 heteroatoms. The Labute approximate surface area is 106 Å². The molecule has 0 saturated heterocycles. The van der Waals surface area contributed by atoms with Gasteiger partial charge in [0.2, 0.25) is 5.91 Å². The van der Waals surface area contributed by atoms with Gasteiger partial charge in [0.25, 0.3) is 0 Å². The molecular formula is C13H17NO4. The predicted molar refractivity (Wildman–Crippen MR) is 66.3 cm³/mol. The van der Waals surface area contributed by atoms with Gasteiger partial charge in [0.1, 0.15) is 12.6 Å². The minimum Gasteiger partial charge on any atom is -0.480 e. The number of rotatable bonds is 6. The summed E-state index contributed by atoms with van der Waals surface area (Å²) in [6, 6.07) is 6.60. The van der Waals surface area contributed by atoms with Crippen LogP contribution in [0.4, 0.5) is 0 Å². The van der Waals surface area contributed by atoms with Crippen molar-refractivity contribution in [1.29, 1.82) is 0 Å². The lowest BCUT2D eigenvalue weighted by atomic mass is 10.0. The van der Waals surface area contributed by atoms with Crippen molar-refractivity contribution in [3.05, 3.63) is 35.4 Å². The van der Waals surface area contributed by atoms with Crippen LogP contribution >= 0.6 is 0 Å².